The molecule has 0 aliphatic heterocycles. The second kappa shape index (κ2) is 6.96. The van der Waals surface area contributed by atoms with E-state index in [0.29, 0.717) is 17.2 Å². The summed E-state index contributed by atoms with van der Waals surface area (Å²) < 4.78 is 5.19. The molecule has 1 atom stereocenters. The first-order valence-electron chi connectivity index (χ1n) is 5.79. The predicted octanol–water partition coefficient (Wildman–Crippen LogP) is 1.42. The highest BCUT2D eigenvalue weighted by Gasteiger charge is 2.14. The first-order chi connectivity index (χ1) is 8.58. The molecule has 1 rings (SSSR count). The number of amides is 1. The van der Waals surface area contributed by atoms with Crippen molar-refractivity contribution in [3.63, 3.8) is 0 Å². The van der Waals surface area contributed by atoms with Crippen LogP contribution in [-0.4, -0.2) is 24.0 Å². The van der Waals surface area contributed by atoms with Gasteiger partial charge in [-0.2, -0.15) is 0 Å². The number of benzene rings is 1. The number of rotatable bonds is 6. The van der Waals surface area contributed by atoms with Gasteiger partial charge in [-0.15, -0.1) is 0 Å². The molecular formula is C13H18N2O2S. The van der Waals surface area contributed by atoms with Crippen molar-refractivity contribution in [2.45, 2.75) is 25.8 Å². The zero-order valence-electron chi connectivity index (χ0n) is 10.6. The second-order valence-corrected chi connectivity index (χ2v) is 4.39. The van der Waals surface area contributed by atoms with Gasteiger partial charge >= 0.3 is 0 Å². The summed E-state index contributed by atoms with van der Waals surface area (Å²) >= 11 is 4.89. The van der Waals surface area contributed by atoms with Gasteiger partial charge in [0.25, 0.3) is 0 Å². The summed E-state index contributed by atoms with van der Waals surface area (Å²) in [6, 6.07) is 7.18. The lowest BCUT2D eigenvalue weighted by molar-refractivity contribution is -0.120. The van der Waals surface area contributed by atoms with Crippen LogP contribution in [0.25, 0.3) is 0 Å². The number of hydrogen-bond donors (Lipinski definition) is 2. The number of hydrogen-bond acceptors (Lipinski definition) is 3. The average molecular weight is 266 g/mol. The predicted molar refractivity (Wildman–Crippen MR) is 75.7 cm³/mol. The van der Waals surface area contributed by atoms with E-state index in [1.807, 2.05) is 31.2 Å². The van der Waals surface area contributed by atoms with E-state index < -0.39 is 0 Å². The molecule has 0 aromatic heterocycles. The van der Waals surface area contributed by atoms with Crippen LogP contribution in [0.4, 0.5) is 0 Å². The van der Waals surface area contributed by atoms with E-state index in [2.05, 4.69) is 5.32 Å². The van der Waals surface area contributed by atoms with E-state index in [9.17, 15) is 4.79 Å². The molecule has 0 aliphatic rings. The van der Waals surface area contributed by atoms with E-state index in [4.69, 9.17) is 22.7 Å². The van der Waals surface area contributed by atoms with E-state index in [0.717, 1.165) is 5.56 Å². The van der Waals surface area contributed by atoms with Crippen LogP contribution in [0.5, 0.6) is 5.75 Å². The third-order valence-electron chi connectivity index (χ3n) is 2.63. The molecule has 0 bridgehead atoms. The van der Waals surface area contributed by atoms with Crippen molar-refractivity contribution >= 4 is 23.1 Å². The third-order valence-corrected chi connectivity index (χ3v) is 2.91. The zero-order valence-corrected chi connectivity index (χ0v) is 11.4. The summed E-state index contributed by atoms with van der Waals surface area (Å²) in [6.45, 7) is 1.92. The maximum absolute atomic E-state index is 11.9. The van der Waals surface area contributed by atoms with E-state index >= 15 is 0 Å². The molecular weight excluding hydrogens is 248 g/mol. The Balaban J connectivity index is 2.67. The molecule has 0 fully saturated rings. The Morgan fingerprint density at radius 2 is 2.17 bits per heavy atom. The Bertz CT molecular complexity index is 435. The molecule has 0 saturated heterocycles. The Kier molecular flexibility index (Phi) is 5.58. The molecule has 0 saturated carbocycles. The van der Waals surface area contributed by atoms with Crippen molar-refractivity contribution in [1.82, 2.24) is 5.32 Å². The van der Waals surface area contributed by atoms with Gasteiger partial charge < -0.3 is 15.8 Å². The molecule has 1 amide bonds. The monoisotopic (exact) mass is 266 g/mol. The number of para-hydroxylation sites is 1. The lowest BCUT2D eigenvalue weighted by Crippen LogP contribution is -2.43. The van der Waals surface area contributed by atoms with Crippen molar-refractivity contribution in [3.05, 3.63) is 29.8 Å². The SMILES string of the molecule is CCC(NC(=O)Cc1ccccc1OC)C(N)=S. The van der Waals surface area contributed by atoms with Crippen LogP contribution < -0.4 is 15.8 Å². The minimum Gasteiger partial charge on any atom is -0.496 e. The lowest BCUT2D eigenvalue weighted by atomic mass is 10.1. The Labute approximate surface area is 113 Å². The third kappa shape index (κ3) is 4.00. The molecule has 0 heterocycles. The van der Waals surface area contributed by atoms with Gasteiger partial charge in [0.15, 0.2) is 0 Å². The van der Waals surface area contributed by atoms with Gasteiger partial charge in [0, 0.05) is 5.56 Å². The van der Waals surface area contributed by atoms with Crippen LogP contribution in [0.1, 0.15) is 18.9 Å². The van der Waals surface area contributed by atoms with Crippen molar-refractivity contribution in [2.75, 3.05) is 7.11 Å². The smallest absolute Gasteiger partial charge is 0.225 e. The van der Waals surface area contributed by atoms with Crippen molar-refractivity contribution in [1.29, 1.82) is 0 Å². The van der Waals surface area contributed by atoms with Gasteiger partial charge in [0.1, 0.15) is 5.75 Å². The number of ether oxygens (including phenoxy) is 1. The second-order valence-electron chi connectivity index (χ2n) is 3.92. The largest absolute Gasteiger partial charge is 0.496 e. The maximum Gasteiger partial charge on any atom is 0.225 e. The van der Waals surface area contributed by atoms with Gasteiger partial charge in [-0.25, -0.2) is 0 Å². The van der Waals surface area contributed by atoms with Crippen LogP contribution in [0.2, 0.25) is 0 Å². The zero-order chi connectivity index (χ0) is 13.5. The maximum atomic E-state index is 11.9. The average Bonchev–Trinajstić information content (AvgIpc) is 2.36. The van der Waals surface area contributed by atoms with Crippen molar-refractivity contribution < 1.29 is 9.53 Å². The van der Waals surface area contributed by atoms with Gasteiger partial charge in [0.05, 0.1) is 24.6 Å². The number of nitrogens with one attached hydrogen (secondary N) is 1. The standard InChI is InChI=1S/C13H18N2O2S/c1-3-10(13(14)18)15-12(16)8-9-6-4-5-7-11(9)17-2/h4-7,10H,3,8H2,1-2H3,(H2,14,18)(H,15,16). The molecule has 1 unspecified atom stereocenters. The van der Waals surface area contributed by atoms with Gasteiger partial charge in [-0.1, -0.05) is 37.3 Å². The van der Waals surface area contributed by atoms with E-state index in [1.165, 1.54) is 0 Å². The van der Waals surface area contributed by atoms with Gasteiger partial charge in [-0.05, 0) is 12.5 Å². The summed E-state index contributed by atoms with van der Waals surface area (Å²) in [7, 11) is 1.58. The highest BCUT2D eigenvalue weighted by Crippen LogP contribution is 2.17. The topological polar surface area (TPSA) is 64.3 Å². The molecule has 0 radical (unpaired) electrons. The summed E-state index contributed by atoms with van der Waals surface area (Å²) in [6.07, 6.45) is 0.941. The molecule has 5 heteroatoms. The van der Waals surface area contributed by atoms with Gasteiger partial charge in [0.2, 0.25) is 5.91 Å². The van der Waals surface area contributed by atoms with E-state index in [1.54, 1.807) is 7.11 Å². The number of nitrogens with two attached hydrogens (primary N) is 1. The van der Waals surface area contributed by atoms with Crippen LogP contribution in [-0.2, 0) is 11.2 Å². The molecule has 1 aromatic carbocycles. The summed E-state index contributed by atoms with van der Waals surface area (Å²) in [4.78, 5) is 12.2. The number of thiocarbonyl (C=S) groups is 1. The Morgan fingerprint density at radius 3 is 2.72 bits per heavy atom. The Hall–Kier alpha value is -1.62. The summed E-state index contributed by atoms with van der Waals surface area (Å²) in [5.41, 5.74) is 6.38. The summed E-state index contributed by atoms with van der Waals surface area (Å²) in [5.74, 6) is 0.593. The normalized spacial score (nSPS) is 11.7. The van der Waals surface area contributed by atoms with Crippen molar-refractivity contribution in [2.24, 2.45) is 5.73 Å². The van der Waals surface area contributed by atoms with Crippen molar-refractivity contribution in [3.8, 4) is 5.75 Å². The van der Waals surface area contributed by atoms with Crippen LogP contribution in [0, 0.1) is 0 Å². The minimum atomic E-state index is -0.248. The molecule has 0 spiro atoms. The number of methoxy groups -OCH3 is 1. The molecule has 0 aliphatic carbocycles. The Morgan fingerprint density at radius 1 is 1.50 bits per heavy atom. The van der Waals surface area contributed by atoms with Crippen LogP contribution in [0.3, 0.4) is 0 Å². The first-order valence-corrected chi connectivity index (χ1v) is 6.19. The highest BCUT2D eigenvalue weighted by molar-refractivity contribution is 7.80. The lowest BCUT2D eigenvalue weighted by Gasteiger charge is -2.16. The minimum absolute atomic E-state index is 0.112. The molecule has 1 aromatic rings. The number of carbonyl (C=O) groups is 1. The highest BCUT2D eigenvalue weighted by atomic mass is 32.1. The summed E-state index contributed by atoms with van der Waals surface area (Å²) in [5, 5.41) is 2.81. The molecule has 98 valence electrons. The van der Waals surface area contributed by atoms with E-state index in [-0.39, 0.29) is 18.4 Å². The fraction of sp³-hybridized carbons (Fsp3) is 0.385. The fourth-order valence-electron chi connectivity index (χ4n) is 1.64. The van der Waals surface area contributed by atoms with Gasteiger partial charge in [-0.3, -0.25) is 4.79 Å². The molecule has 4 nitrogen and oxygen atoms in total. The quantitative estimate of drug-likeness (QED) is 0.764. The first kappa shape index (κ1) is 14.4. The number of carbonyl (C=O) groups excluding carboxylic acids is 1. The fourth-order valence-corrected chi connectivity index (χ4v) is 1.87. The molecule has 18 heavy (non-hydrogen) atoms. The van der Waals surface area contributed by atoms with Crippen LogP contribution >= 0.6 is 12.2 Å². The van der Waals surface area contributed by atoms with Crippen LogP contribution in [0.15, 0.2) is 24.3 Å². The molecule has 3 N–H and O–H groups in total.